The van der Waals surface area contributed by atoms with Gasteiger partial charge in [0.15, 0.2) is 5.79 Å². The average molecular weight is 260 g/mol. The number of carbonyl (C=O) groups is 1. The molecule has 0 spiro atoms. The predicted octanol–water partition coefficient (Wildman–Crippen LogP) is 0.221. The van der Waals surface area contributed by atoms with Crippen LogP contribution < -0.4 is 0 Å². The Bertz CT molecular complexity index is 307. The van der Waals surface area contributed by atoms with E-state index in [-0.39, 0.29) is 31.2 Å². The number of ether oxygens (including phenoxy) is 4. The molecular weight excluding hydrogens is 240 g/mol. The molecule has 0 bridgehead atoms. The lowest BCUT2D eigenvalue weighted by Gasteiger charge is -2.40. The van der Waals surface area contributed by atoms with Gasteiger partial charge in [-0.1, -0.05) is 0 Å². The van der Waals surface area contributed by atoms with Crippen LogP contribution in [0.25, 0.3) is 0 Å². The van der Waals surface area contributed by atoms with Crippen molar-refractivity contribution < 1.29 is 28.8 Å². The molecule has 0 aliphatic carbocycles. The van der Waals surface area contributed by atoms with Crippen LogP contribution in [0, 0.1) is 0 Å². The quantitative estimate of drug-likeness (QED) is 0.729. The molecule has 4 unspecified atom stereocenters. The Morgan fingerprint density at radius 3 is 3.00 bits per heavy atom. The number of carbonyl (C=O) groups excluding carboxylic acids is 1. The summed E-state index contributed by atoms with van der Waals surface area (Å²) in [5.74, 6) is -1.13. The number of fused-ring (bicyclic) bond motifs is 1. The second-order valence-corrected chi connectivity index (χ2v) is 4.77. The van der Waals surface area contributed by atoms with Gasteiger partial charge in [0.1, 0.15) is 18.3 Å². The smallest absolute Gasteiger partial charge is 0.305 e. The molecule has 2 aliphatic heterocycles. The largest absolute Gasteiger partial charge is 0.466 e. The first-order valence-corrected chi connectivity index (χ1v) is 6.31. The molecule has 0 aromatic heterocycles. The molecule has 4 atom stereocenters. The maximum absolute atomic E-state index is 11.3. The van der Waals surface area contributed by atoms with E-state index in [2.05, 4.69) is 0 Å². The molecule has 0 aromatic carbocycles. The molecule has 104 valence electrons. The van der Waals surface area contributed by atoms with E-state index in [0.717, 1.165) is 0 Å². The molecule has 2 rings (SSSR count). The molecule has 2 fully saturated rings. The van der Waals surface area contributed by atoms with Crippen molar-refractivity contribution in [3.63, 3.8) is 0 Å². The van der Waals surface area contributed by atoms with Crippen molar-refractivity contribution in [2.24, 2.45) is 0 Å². The van der Waals surface area contributed by atoms with Gasteiger partial charge in [-0.05, 0) is 13.8 Å². The Morgan fingerprint density at radius 2 is 2.28 bits per heavy atom. The number of hydrogen-bond acceptors (Lipinski definition) is 6. The maximum atomic E-state index is 11.3. The van der Waals surface area contributed by atoms with E-state index in [1.807, 2.05) is 0 Å². The van der Waals surface area contributed by atoms with Gasteiger partial charge in [0, 0.05) is 6.42 Å². The normalized spacial score (nSPS) is 39.4. The minimum absolute atomic E-state index is 0.212. The minimum Gasteiger partial charge on any atom is -0.466 e. The van der Waals surface area contributed by atoms with Crippen LogP contribution in [0.2, 0.25) is 0 Å². The van der Waals surface area contributed by atoms with Crippen LogP contribution in [0.4, 0.5) is 0 Å². The molecule has 2 saturated heterocycles. The lowest BCUT2D eigenvalue weighted by molar-refractivity contribution is -0.311. The third-order valence-corrected chi connectivity index (χ3v) is 3.25. The SMILES string of the molecule is CCOC(=O)CCC1(C)OCC2OCC(O)C2O1. The Balaban J connectivity index is 1.86. The third kappa shape index (κ3) is 3.00. The van der Waals surface area contributed by atoms with E-state index in [4.69, 9.17) is 18.9 Å². The standard InChI is InChI=1S/C12H20O6/c1-3-15-10(14)4-5-12(2)17-7-9-11(18-12)8(13)6-16-9/h8-9,11,13H,3-7H2,1-2H3. The van der Waals surface area contributed by atoms with Gasteiger partial charge in [-0.15, -0.1) is 0 Å². The minimum atomic E-state index is -0.859. The van der Waals surface area contributed by atoms with E-state index in [9.17, 15) is 9.90 Å². The number of aliphatic hydroxyl groups is 1. The van der Waals surface area contributed by atoms with E-state index in [0.29, 0.717) is 19.6 Å². The Labute approximate surface area is 106 Å². The van der Waals surface area contributed by atoms with Crippen molar-refractivity contribution >= 4 is 5.97 Å². The van der Waals surface area contributed by atoms with Gasteiger partial charge in [-0.25, -0.2) is 0 Å². The summed E-state index contributed by atoms with van der Waals surface area (Å²) in [6.07, 6.45) is -0.567. The molecule has 6 nitrogen and oxygen atoms in total. The number of hydrogen-bond donors (Lipinski definition) is 1. The molecule has 6 heteroatoms. The molecule has 0 radical (unpaired) electrons. The van der Waals surface area contributed by atoms with Crippen LogP contribution in [-0.4, -0.2) is 55.0 Å². The number of esters is 1. The highest BCUT2D eigenvalue weighted by atomic mass is 16.7. The van der Waals surface area contributed by atoms with Gasteiger partial charge in [-0.3, -0.25) is 4.79 Å². The van der Waals surface area contributed by atoms with Gasteiger partial charge in [0.2, 0.25) is 0 Å². The lowest BCUT2D eigenvalue weighted by Crippen LogP contribution is -2.51. The van der Waals surface area contributed by atoms with Crippen LogP contribution in [0.5, 0.6) is 0 Å². The third-order valence-electron chi connectivity index (χ3n) is 3.25. The van der Waals surface area contributed by atoms with Crippen molar-refractivity contribution in [1.82, 2.24) is 0 Å². The highest BCUT2D eigenvalue weighted by molar-refractivity contribution is 5.69. The summed E-state index contributed by atoms with van der Waals surface area (Å²) < 4.78 is 21.5. The van der Waals surface area contributed by atoms with Crippen LogP contribution in [-0.2, 0) is 23.7 Å². The molecule has 1 N–H and O–H groups in total. The van der Waals surface area contributed by atoms with Gasteiger partial charge >= 0.3 is 5.97 Å². The Morgan fingerprint density at radius 1 is 1.50 bits per heavy atom. The summed E-state index contributed by atoms with van der Waals surface area (Å²) in [4.78, 5) is 11.3. The predicted molar refractivity (Wildman–Crippen MR) is 60.8 cm³/mol. The van der Waals surface area contributed by atoms with E-state index < -0.39 is 11.9 Å². The fourth-order valence-corrected chi connectivity index (χ4v) is 2.23. The van der Waals surface area contributed by atoms with Crippen molar-refractivity contribution in [2.45, 2.75) is 50.8 Å². The van der Waals surface area contributed by atoms with Crippen LogP contribution >= 0.6 is 0 Å². The zero-order valence-corrected chi connectivity index (χ0v) is 10.8. The van der Waals surface area contributed by atoms with E-state index in [1.165, 1.54) is 0 Å². The van der Waals surface area contributed by atoms with Crippen LogP contribution in [0.1, 0.15) is 26.7 Å². The first kappa shape index (κ1) is 13.7. The zero-order valence-electron chi connectivity index (χ0n) is 10.8. The number of aliphatic hydroxyl groups excluding tert-OH is 1. The lowest BCUT2D eigenvalue weighted by atomic mass is 10.1. The molecule has 0 aromatic rings. The fraction of sp³-hybridized carbons (Fsp3) is 0.917. The monoisotopic (exact) mass is 260 g/mol. The summed E-state index contributed by atoms with van der Waals surface area (Å²) in [5.41, 5.74) is 0. The van der Waals surface area contributed by atoms with Crippen LogP contribution in [0.3, 0.4) is 0 Å². The second kappa shape index (κ2) is 5.52. The molecule has 2 heterocycles. The molecule has 0 amide bonds. The van der Waals surface area contributed by atoms with Gasteiger partial charge < -0.3 is 24.1 Å². The van der Waals surface area contributed by atoms with E-state index in [1.54, 1.807) is 13.8 Å². The summed E-state index contributed by atoms with van der Waals surface area (Å²) in [6, 6.07) is 0. The Kier molecular flexibility index (Phi) is 4.21. The van der Waals surface area contributed by atoms with Crippen molar-refractivity contribution in [2.75, 3.05) is 19.8 Å². The van der Waals surface area contributed by atoms with Crippen molar-refractivity contribution in [3.8, 4) is 0 Å². The summed E-state index contributed by atoms with van der Waals surface area (Å²) in [5, 5.41) is 9.72. The van der Waals surface area contributed by atoms with Gasteiger partial charge in [-0.2, -0.15) is 0 Å². The highest BCUT2D eigenvalue weighted by Gasteiger charge is 2.47. The first-order valence-electron chi connectivity index (χ1n) is 6.31. The van der Waals surface area contributed by atoms with Gasteiger partial charge in [0.05, 0.1) is 26.2 Å². The fourth-order valence-electron chi connectivity index (χ4n) is 2.23. The van der Waals surface area contributed by atoms with E-state index >= 15 is 0 Å². The second-order valence-electron chi connectivity index (χ2n) is 4.77. The first-order chi connectivity index (χ1) is 8.54. The molecule has 18 heavy (non-hydrogen) atoms. The van der Waals surface area contributed by atoms with Crippen molar-refractivity contribution in [1.29, 1.82) is 0 Å². The maximum Gasteiger partial charge on any atom is 0.305 e. The summed E-state index contributed by atoms with van der Waals surface area (Å²) in [7, 11) is 0. The topological polar surface area (TPSA) is 74.2 Å². The highest BCUT2D eigenvalue weighted by Crippen LogP contribution is 2.33. The average Bonchev–Trinajstić information content (AvgIpc) is 2.69. The summed E-state index contributed by atoms with van der Waals surface area (Å²) >= 11 is 0. The molecular formula is C12H20O6. The zero-order chi connectivity index (χ0) is 13.2. The number of rotatable bonds is 4. The van der Waals surface area contributed by atoms with Gasteiger partial charge in [0.25, 0.3) is 0 Å². The molecule has 0 saturated carbocycles. The molecule has 2 aliphatic rings. The summed E-state index contributed by atoms with van der Waals surface area (Å²) in [6.45, 7) is 4.56. The van der Waals surface area contributed by atoms with Crippen LogP contribution in [0.15, 0.2) is 0 Å². The Hall–Kier alpha value is -0.690. The van der Waals surface area contributed by atoms with Crippen molar-refractivity contribution in [3.05, 3.63) is 0 Å².